The van der Waals surface area contributed by atoms with Crippen LogP contribution in [-0.2, 0) is 5.41 Å². The Morgan fingerprint density at radius 2 is 2.09 bits per heavy atom. The highest BCUT2D eigenvalue weighted by molar-refractivity contribution is 6.34. The van der Waals surface area contributed by atoms with Crippen LogP contribution in [0.15, 0.2) is 30.6 Å². The Morgan fingerprint density at radius 1 is 1.30 bits per heavy atom. The van der Waals surface area contributed by atoms with E-state index in [0.29, 0.717) is 28.8 Å². The molecule has 1 amide bonds. The second-order valence-electron chi connectivity index (χ2n) is 9.03. The Bertz CT molecular complexity index is 1270. The number of nitrogens with two attached hydrogens (primary N) is 2. The molecule has 5 rings (SSSR count). The number of nitrogens with one attached hydrogen (secondary N) is 1. The molecule has 3 aromatic rings. The highest BCUT2D eigenvalue weighted by atomic mass is 35.5. The van der Waals surface area contributed by atoms with Crippen LogP contribution in [0.3, 0.4) is 0 Å². The first-order valence-electron chi connectivity index (χ1n) is 10.8. The lowest BCUT2D eigenvalue weighted by atomic mass is 9.80. The third kappa shape index (κ3) is 3.21. The van der Waals surface area contributed by atoms with Crippen LogP contribution in [0.2, 0.25) is 5.02 Å². The number of benzene rings is 1. The van der Waals surface area contributed by atoms with Crippen LogP contribution in [0, 0.1) is 5.82 Å². The fourth-order valence-corrected chi connectivity index (χ4v) is 5.64. The van der Waals surface area contributed by atoms with Crippen LogP contribution < -0.4 is 16.8 Å². The number of halogens is 2. The van der Waals surface area contributed by atoms with E-state index in [1.165, 1.54) is 11.0 Å². The lowest BCUT2D eigenvalue weighted by molar-refractivity contribution is 0.0824. The molecule has 2 aromatic heterocycles. The zero-order chi connectivity index (χ0) is 23.5. The largest absolute Gasteiger partial charge is 0.398 e. The van der Waals surface area contributed by atoms with Gasteiger partial charge in [-0.2, -0.15) is 5.10 Å². The first-order chi connectivity index (χ1) is 15.7. The van der Waals surface area contributed by atoms with E-state index >= 15 is 4.39 Å². The first kappa shape index (κ1) is 21.5. The number of nitrogen functional groups attached to an aromatic ring is 2. The Balaban J connectivity index is 1.59. The highest BCUT2D eigenvalue weighted by Gasteiger charge is 2.48. The number of hydrogen-bond acceptors (Lipinski definition) is 6. The molecule has 172 valence electrons. The zero-order valence-electron chi connectivity index (χ0n) is 18.4. The number of nitrogens with zero attached hydrogens (tertiary/aromatic N) is 4. The molecule has 1 saturated carbocycles. The number of hydrogen-bond donors (Lipinski definition) is 3. The van der Waals surface area contributed by atoms with Gasteiger partial charge in [0, 0.05) is 54.6 Å². The van der Waals surface area contributed by atoms with Crippen LogP contribution >= 0.6 is 11.6 Å². The van der Waals surface area contributed by atoms with Gasteiger partial charge in [-0.1, -0.05) is 11.6 Å². The topological polar surface area (TPSA) is 115 Å². The standard InChI is InChI=1S/C23H25ClFN7O/c1-31(2)22(33)17-15(26)4-3-13(20(17)25)14-10-28-21-18(19(14)24)23(11-29-21)7-5-12(9-23)32-16(27)6-8-30-32/h3-4,6,8,10,12H,5,7,9,11,26-27H2,1-2H3,(H,28,29)/t12-,23-/m1/s1. The summed E-state index contributed by atoms with van der Waals surface area (Å²) in [6, 6.07) is 5.00. The van der Waals surface area contributed by atoms with E-state index in [2.05, 4.69) is 15.4 Å². The predicted octanol–water partition coefficient (Wildman–Crippen LogP) is 3.69. The van der Waals surface area contributed by atoms with Gasteiger partial charge in [0.15, 0.2) is 0 Å². The van der Waals surface area contributed by atoms with Crippen molar-refractivity contribution in [2.24, 2.45) is 0 Å². The normalized spacial score (nSPS) is 21.3. The third-order valence-electron chi connectivity index (χ3n) is 6.85. The highest BCUT2D eigenvalue weighted by Crippen LogP contribution is 2.55. The molecule has 2 atom stereocenters. The van der Waals surface area contributed by atoms with Crippen molar-refractivity contribution in [2.75, 3.05) is 37.4 Å². The van der Waals surface area contributed by atoms with Gasteiger partial charge < -0.3 is 21.7 Å². The number of pyridine rings is 1. The minimum Gasteiger partial charge on any atom is -0.398 e. The smallest absolute Gasteiger partial charge is 0.258 e. The predicted molar refractivity (Wildman–Crippen MR) is 127 cm³/mol. The number of rotatable bonds is 3. The second kappa shape index (κ2) is 7.62. The molecule has 0 radical (unpaired) electrons. The van der Waals surface area contributed by atoms with Gasteiger partial charge in [0.1, 0.15) is 17.5 Å². The second-order valence-corrected chi connectivity index (χ2v) is 9.41. The molecule has 5 N–H and O–H groups in total. The fraction of sp³-hybridized carbons (Fsp3) is 0.348. The van der Waals surface area contributed by atoms with E-state index in [1.54, 1.807) is 38.6 Å². The van der Waals surface area contributed by atoms with Crippen molar-refractivity contribution in [3.8, 4) is 11.1 Å². The summed E-state index contributed by atoms with van der Waals surface area (Å²) < 4.78 is 17.4. The molecule has 0 unspecified atom stereocenters. The molecule has 10 heteroatoms. The number of amides is 1. The Morgan fingerprint density at radius 3 is 2.79 bits per heavy atom. The molecule has 1 fully saturated rings. The van der Waals surface area contributed by atoms with Gasteiger partial charge in [0.25, 0.3) is 5.91 Å². The number of fused-ring (bicyclic) bond motifs is 2. The maximum atomic E-state index is 15.6. The SMILES string of the molecule is CN(C)C(=O)c1c(N)ccc(-c2cnc3c(c2Cl)[C@@]2(CC[C@@H](n4nccc4N)C2)CN3)c1F. The molecule has 1 spiro atoms. The van der Waals surface area contributed by atoms with Crippen molar-refractivity contribution in [3.63, 3.8) is 0 Å². The van der Waals surface area contributed by atoms with Crippen molar-refractivity contribution in [1.82, 2.24) is 19.7 Å². The molecular weight excluding hydrogens is 445 g/mol. The summed E-state index contributed by atoms with van der Waals surface area (Å²) in [7, 11) is 3.10. The van der Waals surface area contributed by atoms with E-state index < -0.39 is 11.7 Å². The van der Waals surface area contributed by atoms with Crippen LogP contribution in [0.25, 0.3) is 11.1 Å². The van der Waals surface area contributed by atoms with E-state index in [1.807, 2.05) is 4.68 Å². The quantitative estimate of drug-likeness (QED) is 0.504. The van der Waals surface area contributed by atoms with Gasteiger partial charge in [0.2, 0.25) is 0 Å². The first-order valence-corrected chi connectivity index (χ1v) is 11.1. The van der Waals surface area contributed by atoms with Crippen molar-refractivity contribution in [1.29, 1.82) is 0 Å². The summed E-state index contributed by atoms with van der Waals surface area (Å²) in [5.41, 5.74) is 13.2. The molecular formula is C23H25ClFN7O. The van der Waals surface area contributed by atoms with Crippen LogP contribution in [0.5, 0.6) is 0 Å². The average Bonchev–Trinajstić information content (AvgIpc) is 3.48. The van der Waals surface area contributed by atoms with Gasteiger partial charge >= 0.3 is 0 Å². The van der Waals surface area contributed by atoms with Crippen LogP contribution in [0.1, 0.15) is 41.2 Å². The fourth-order valence-electron chi connectivity index (χ4n) is 5.20. The van der Waals surface area contributed by atoms with E-state index in [0.717, 1.165) is 24.8 Å². The van der Waals surface area contributed by atoms with Gasteiger partial charge in [-0.25, -0.2) is 14.1 Å². The maximum absolute atomic E-state index is 15.6. The monoisotopic (exact) mass is 469 g/mol. The summed E-state index contributed by atoms with van der Waals surface area (Å²) in [6.07, 6.45) is 5.80. The molecule has 33 heavy (non-hydrogen) atoms. The number of carbonyl (C=O) groups excluding carboxylic acids is 1. The summed E-state index contributed by atoms with van der Waals surface area (Å²) in [5, 5.41) is 8.19. The van der Waals surface area contributed by atoms with Gasteiger partial charge in [-0.05, 0) is 37.5 Å². The van der Waals surface area contributed by atoms with Gasteiger partial charge in [-0.15, -0.1) is 0 Å². The third-order valence-corrected chi connectivity index (χ3v) is 7.25. The van der Waals surface area contributed by atoms with Gasteiger partial charge in [-0.3, -0.25) is 4.79 Å². The van der Waals surface area contributed by atoms with Crippen LogP contribution in [0.4, 0.5) is 21.7 Å². The molecule has 1 aliphatic carbocycles. The van der Waals surface area contributed by atoms with Crippen molar-refractivity contribution in [2.45, 2.75) is 30.7 Å². The lowest BCUT2D eigenvalue weighted by Crippen LogP contribution is -2.26. The Labute approximate surface area is 195 Å². The number of carbonyl (C=O) groups is 1. The van der Waals surface area contributed by atoms with Crippen molar-refractivity contribution < 1.29 is 9.18 Å². The minimum absolute atomic E-state index is 0.0776. The van der Waals surface area contributed by atoms with Gasteiger partial charge in [0.05, 0.1) is 22.8 Å². The molecule has 1 aromatic carbocycles. The van der Waals surface area contributed by atoms with Crippen molar-refractivity contribution >= 4 is 34.8 Å². The number of anilines is 3. The Kier molecular flexibility index (Phi) is 4.97. The summed E-state index contributed by atoms with van der Waals surface area (Å²) in [6.45, 7) is 0.685. The Hall–Kier alpha value is -3.33. The zero-order valence-corrected chi connectivity index (χ0v) is 19.2. The summed E-state index contributed by atoms with van der Waals surface area (Å²) >= 11 is 6.95. The molecule has 0 saturated heterocycles. The average molecular weight is 470 g/mol. The molecule has 3 heterocycles. The molecule has 1 aliphatic heterocycles. The lowest BCUT2D eigenvalue weighted by Gasteiger charge is -2.25. The van der Waals surface area contributed by atoms with Crippen molar-refractivity contribution in [3.05, 3.63) is 52.6 Å². The molecule has 0 bridgehead atoms. The summed E-state index contributed by atoms with van der Waals surface area (Å²) in [5.74, 6) is 0.123. The van der Waals surface area contributed by atoms with E-state index in [9.17, 15) is 4.79 Å². The number of aromatic nitrogens is 3. The molecule has 8 nitrogen and oxygen atoms in total. The van der Waals surface area contributed by atoms with E-state index in [-0.39, 0.29) is 28.3 Å². The molecule has 2 aliphatic rings. The maximum Gasteiger partial charge on any atom is 0.258 e. The van der Waals surface area contributed by atoms with Crippen LogP contribution in [-0.4, -0.2) is 46.2 Å². The summed E-state index contributed by atoms with van der Waals surface area (Å²) in [4.78, 5) is 18.4. The minimum atomic E-state index is -0.703. The van der Waals surface area contributed by atoms with E-state index in [4.69, 9.17) is 23.1 Å².